The summed E-state index contributed by atoms with van der Waals surface area (Å²) in [5, 5.41) is 0. The van der Waals surface area contributed by atoms with E-state index in [2.05, 4.69) is 31.1 Å². The summed E-state index contributed by atoms with van der Waals surface area (Å²) >= 11 is 0. The molecule has 0 aliphatic heterocycles. The van der Waals surface area contributed by atoms with E-state index in [9.17, 15) is 4.79 Å². The van der Waals surface area contributed by atoms with Gasteiger partial charge in [-0.25, -0.2) is 0 Å². The molecule has 0 bridgehead atoms. The molecule has 0 N–H and O–H groups in total. The molecule has 3 heteroatoms. The lowest BCUT2D eigenvalue weighted by atomic mass is 10.1. The van der Waals surface area contributed by atoms with Crippen LogP contribution in [0.2, 0.25) is 19.6 Å². The summed E-state index contributed by atoms with van der Waals surface area (Å²) in [6.45, 7) is 10.8. The van der Waals surface area contributed by atoms with Gasteiger partial charge in [0.2, 0.25) is 0 Å². The molecule has 0 spiro atoms. The van der Waals surface area contributed by atoms with Gasteiger partial charge in [0.05, 0.1) is 5.60 Å². The van der Waals surface area contributed by atoms with Crippen LogP contribution in [0.25, 0.3) is 0 Å². The van der Waals surface area contributed by atoms with Crippen molar-refractivity contribution >= 4 is 14.4 Å². The first kappa shape index (κ1) is 13.4. The predicted molar refractivity (Wildman–Crippen MR) is 61.8 cm³/mol. The van der Waals surface area contributed by atoms with Gasteiger partial charge in [0.15, 0.2) is 0 Å². The van der Waals surface area contributed by atoms with Crippen LogP contribution < -0.4 is 0 Å². The van der Waals surface area contributed by atoms with Gasteiger partial charge >= 0.3 is 0 Å². The largest absolute Gasteiger partial charge is 0.362 e. The molecule has 0 aromatic heterocycles. The minimum Gasteiger partial charge on any atom is -0.362 e. The van der Waals surface area contributed by atoms with Crippen LogP contribution in [-0.2, 0) is 9.53 Å². The third-order valence-electron chi connectivity index (χ3n) is 1.57. The number of rotatable bonds is 4. The Morgan fingerprint density at radius 2 is 1.93 bits per heavy atom. The minimum absolute atomic E-state index is 0.379. The second-order valence-electron chi connectivity index (χ2n) is 4.97. The zero-order chi connectivity index (χ0) is 11.2. The Hall–Kier alpha value is -0.593. The van der Waals surface area contributed by atoms with Crippen LogP contribution in [0.3, 0.4) is 0 Å². The lowest BCUT2D eigenvalue weighted by Crippen LogP contribution is -2.25. The minimum atomic E-state index is -1.28. The van der Waals surface area contributed by atoms with Gasteiger partial charge in [-0.3, -0.25) is 0 Å². The highest BCUT2D eigenvalue weighted by atomic mass is 28.3. The Bertz CT molecular complexity index is 240. The normalized spacial score (nSPS) is 11.8. The van der Waals surface area contributed by atoms with E-state index in [1.807, 2.05) is 13.8 Å². The molecule has 2 nitrogen and oxygen atoms in total. The number of carbonyl (C=O) groups excluding carboxylic acids is 1. The van der Waals surface area contributed by atoms with Crippen molar-refractivity contribution in [2.75, 3.05) is 6.61 Å². The molecular formula is C11H20O2Si. The number of ether oxygens (including phenoxy) is 1. The zero-order valence-electron chi connectivity index (χ0n) is 9.81. The summed E-state index contributed by atoms with van der Waals surface area (Å²) in [6, 6.07) is 0. The van der Waals surface area contributed by atoms with Crippen molar-refractivity contribution in [2.45, 2.75) is 45.5 Å². The predicted octanol–water partition coefficient (Wildman–Crippen LogP) is 2.25. The summed E-state index contributed by atoms with van der Waals surface area (Å²) < 4.78 is 5.48. The average Bonchev–Trinajstić information content (AvgIpc) is 1.96. The van der Waals surface area contributed by atoms with Crippen LogP contribution in [0, 0.1) is 11.5 Å². The number of aldehydes is 1. The van der Waals surface area contributed by atoms with Crippen LogP contribution in [-0.4, -0.2) is 26.6 Å². The molecule has 0 saturated carbocycles. The third kappa shape index (κ3) is 8.03. The topological polar surface area (TPSA) is 26.3 Å². The molecule has 0 aliphatic carbocycles. The van der Waals surface area contributed by atoms with Crippen molar-refractivity contribution in [1.82, 2.24) is 0 Å². The number of carbonyl (C=O) groups is 1. The fraction of sp³-hybridized carbons (Fsp3) is 0.727. The molecule has 0 aromatic rings. The van der Waals surface area contributed by atoms with Crippen LogP contribution >= 0.6 is 0 Å². The molecule has 0 heterocycles. The van der Waals surface area contributed by atoms with Gasteiger partial charge in [0.25, 0.3) is 0 Å². The van der Waals surface area contributed by atoms with Gasteiger partial charge in [-0.2, -0.15) is 0 Å². The zero-order valence-corrected chi connectivity index (χ0v) is 10.8. The maximum absolute atomic E-state index is 10.3. The summed E-state index contributed by atoms with van der Waals surface area (Å²) in [7, 11) is -1.28. The molecule has 0 atom stereocenters. The summed E-state index contributed by atoms with van der Waals surface area (Å²) in [6.07, 6.45) is 1.30. The van der Waals surface area contributed by atoms with E-state index >= 15 is 0 Å². The lowest BCUT2D eigenvalue weighted by molar-refractivity contribution is -0.113. The van der Waals surface area contributed by atoms with E-state index in [0.29, 0.717) is 13.0 Å². The molecule has 0 amide bonds. The van der Waals surface area contributed by atoms with Crippen molar-refractivity contribution in [3.63, 3.8) is 0 Å². The van der Waals surface area contributed by atoms with Crippen molar-refractivity contribution in [3.8, 4) is 11.5 Å². The van der Waals surface area contributed by atoms with Crippen molar-refractivity contribution < 1.29 is 9.53 Å². The molecule has 0 unspecified atom stereocenters. The second-order valence-corrected chi connectivity index (χ2v) is 9.72. The van der Waals surface area contributed by atoms with E-state index in [-0.39, 0.29) is 5.60 Å². The lowest BCUT2D eigenvalue weighted by Gasteiger charge is -2.20. The standard InChI is InChI=1S/C11H20O2Si/c1-11(2,7-8-12)13-9-6-10-14(3,4)5/h8H,7,9H2,1-5H3. The van der Waals surface area contributed by atoms with Crippen molar-refractivity contribution in [2.24, 2.45) is 0 Å². The first-order valence-electron chi connectivity index (χ1n) is 4.84. The maximum atomic E-state index is 10.3. The highest BCUT2D eigenvalue weighted by molar-refractivity contribution is 6.83. The Morgan fingerprint density at radius 3 is 2.36 bits per heavy atom. The van der Waals surface area contributed by atoms with Crippen LogP contribution in [0.4, 0.5) is 0 Å². The quantitative estimate of drug-likeness (QED) is 0.406. The monoisotopic (exact) mass is 212 g/mol. The fourth-order valence-corrected chi connectivity index (χ4v) is 1.39. The smallest absolute Gasteiger partial charge is 0.129 e. The highest BCUT2D eigenvalue weighted by Gasteiger charge is 2.16. The summed E-state index contributed by atoms with van der Waals surface area (Å²) in [4.78, 5) is 10.3. The molecular weight excluding hydrogens is 192 g/mol. The molecule has 0 radical (unpaired) electrons. The Balaban J connectivity index is 3.93. The Morgan fingerprint density at radius 1 is 1.36 bits per heavy atom. The van der Waals surface area contributed by atoms with E-state index in [1.54, 1.807) is 0 Å². The van der Waals surface area contributed by atoms with Gasteiger partial charge in [0.1, 0.15) is 21.0 Å². The summed E-state index contributed by atoms with van der Waals surface area (Å²) in [5.74, 6) is 3.01. The van der Waals surface area contributed by atoms with Gasteiger partial charge < -0.3 is 9.53 Å². The van der Waals surface area contributed by atoms with Gasteiger partial charge in [0, 0.05) is 6.42 Å². The molecule has 0 aliphatic rings. The average molecular weight is 212 g/mol. The maximum Gasteiger partial charge on any atom is 0.129 e. The van der Waals surface area contributed by atoms with Crippen LogP contribution in [0.15, 0.2) is 0 Å². The van der Waals surface area contributed by atoms with Gasteiger partial charge in [-0.1, -0.05) is 25.6 Å². The number of hydrogen-bond acceptors (Lipinski definition) is 2. The Kier molecular flexibility index (Phi) is 5.10. The SMILES string of the molecule is CC(C)(CC=O)OCC#C[Si](C)(C)C. The molecule has 80 valence electrons. The van der Waals surface area contributed by atoms with E-state index in [1.165, 1.54) is 0 Å². The third-order valence-corrected chi connectivity index (χ3v) is 2.50. The molecule has 0 saturated heterocycles. The second kappa shape index (κ2) is 5.33. The van der Waals surface area contributed by atoms with E-state index in [4.69, 9.17) is 4.74 Å². The highest BCUT2D eigenvalue weighted by Crippen LogP contribution is 2.11. The van der Waals surface area contributed by atoms with Crippen molar-refractivity contribution in [1.29, 1.82) is 0 Å². The number of hydrogen-bond donors (Lipinski definition) is 0. The van der Waals surface area contributed by atoms with Crippen LogP contribution in [0.1, 0.15) is 20.3 Å². The first-order chi connectivity index (χ1) is 6.27. The van der Waals surface area contributed by atoms with Gasteiger partial charge in [-0.15, -0.1) is 5.54 Å². The van der Waals surface area contributed by atoms with E-state index < -0.39 is 8.07 Å². The first-order valence-corrected chi connectivity index (χ1v) is 8.34. The Labute approximate surface area is 88.0 Å². The molecule has 0 rings (SSSR count). The summed E-state index contributed by atoms with van der Waals surface area (Å²) in [5.41, 5.74) is 2.83. The van der Waals surface area contributed by atoms with E-state index in [0.717, 1.165) is 6.29 Å². The molecule has 0 fully saturated rings. The van der Waals surface area contributed by atoms with Gasteiger partial charge in [-0.05, 0) is 13.8 Å². The van der Waals surface area contributed by atoms with Crippen molar-refractivity contribution in [3.05, 3.63) is 0 Å². The molecule has 0 aromatic carbocycles. The molecule has 14 heavy (non-hydrogen) atoms. The van der Waals surface area contributed by atoms with Crippen LogP contribution in [0.5, 0.6) is 0 Å². The fourth-order valence-electron chi connectivity index (χ4n) is 0.792.